The number of likely N-dealkylation sites (tertiary alicyclic amines) is 1. The third kappa shape index (κ3) is 3.46. The van der Waals surface area contributed by atoms with Crippen LogP contribution in [0.25, 0.3) is 0 Å². The van der Waals surface area contributed by atoms with Crippen LogP contribution in [0.15, 0.2) is 22.8 Å². The van der Waals surface area contributed by atoms with Crippen molar-refractivity contribution >= 4 is 11.7 Å². The summed E-state index contributed by atoms with van der Waals surface area (Å²) < 4.78 is 5.08. The van der Waals surface area contributed by atoms with Crippen LogP contribution in [0.3, 0.4) is 0 Å². The van der Waals surface area contributed by atoms with Crippen LogP contribution >= 0.6 is 0 Å². The molecule has 1 aromatic heterocycles. The molecule has 19 heavy (non-hydrogen) atoms. The smallest absolute Gasteiger partial charge is 0.222 e. The molecule has 4 heteroatoms. The summed E-state index contributed by atoms with van der Waals surface area (Å²) in [6, 6.07) is 3.33. The third-order valence-electron chi connectivity index (χ3n) is 3.92. The maximum Gasteiger partial charge on any atom is 0.222 e. The van der Waals surface area contributed by atoms with E-state index in [9.17, 15) is 9.59 Å². The normalized spacial score (nSPS) is 20.7. The summed E-state index contributed by atoms with van der Waals surface area (Å²) in [6.07, 6.45) is 3.94. The van der Waals surface area contributed by atoms with Crippen molar-refractivity contribution in [1.29, 1.82) is 0 Å². The van der Waals surface area contributed by atoms with Crippen molar-refractivity contribution in [2.75, 3.05) is 13.1 Å². The van der Waals surface area contributed by atoms with Crippen molar-refractivity contribution in [3.8, 4) is 0 Å². The molecular formula is C15H21NO3. The Kier molecular flexibility index (Phi) is 4.40. The highest BCUT2D eigenvalue weighted by Crippen LogP contribution is 2.25. The molecule has 4 nitrogen and oxygen atoms in total. The fourth-order valence-electron chi connectivity index (χ4n) is 2.58. The average molecular weight is 263 g/mol. The number of rotatable bonds is 4. The fourth-order valence-corrected chi connectivity index (χ4v) is 2.58. The van der Waals surface area contributed by atoms with Gasteiger partial charge in [0.25, 0.3) is 0 Å². The second kappa shape index (κ2) is 6.04. The van der Waals surface area contributed by atoms with E-state index in [1.165, 1.54) is 6.26 Å². The molecule has 0 N–H and O–H groups in total. The topological polar surface area (TPSA) is 50.5 Å². The van der Waals surface area contributed by atoms with Gasteiger partial charge in [-0.15, -0.1) is 0 Å². The maximum atomic E-state index is 12.0. The molecule has 0 bridgehead atoms. The molecule has 1 fully saturated rings. The average Bonchev–Trinajstić information content (AvgIpc) is 2.84. The highest BCUT2D eigenvalue weighted by atomic mass is 16.3. The van der Waals surface area contributed by atoms with E-state index in [-0.39, 0.29) is 18.2 Å². The summed E-state index contributed by atoms with van der Waals surface area (Å²) in [5.41, 5.74) is 0. The predicted molar refractivity (Wildman–Crippen MR) is 71.8 cm³/mol. The number of ketones is 1. The minimum atomic E-state index is -0.124. The van der Waals surface area contributed by atoms with Gasteiger partial charge in [0.05, 0.1) is 12.8 Å². The van der Waals surface area contributed by atoms with Gasteiger partial charge in [-0.1, -0.05) is 13.8 Å². The molecular weight excluding hydrogens is 242 g/mol. The summed E-state index contributed by atoms with van der Waals surface area (Å²) in [6.45, 7) is 5.20. The Labute approximate surface area is 113 Å². The Morgan fingerprint density at radius 3 is 2.89 bits per heavy atom. The fraction of sp³-hybridized carbons (Fsp3) is 0.600. The van der Waals surface area contributed by atoms with Crippen molar-refractivity contribution in [2.45, 2.75) is 33.1 Å². The summed E-state index contributed by atoms with van der Waals surface area (Å²) >= 11 is 0. The molecule has 0 radical (unpaired) electrons. The van der Waals surface area contributed by atoms with E-state index in [1.54, 1.807) is 17.0 Å². The lowest BCUT2D eigenvalue weighted by atomic mass is 9.89. The summed E-state index contributed by atoms with van der Waals surface area (Å²) in [7, 11) is 0. The van der Waals surface area contributed by atoms with Gasteiger partial charge in [0.15, 0.2) is 5.76 Å². The molecule has 2 rings (SSSR count). The van der Waals surface area contributed by atoms with Crippen LogP contribution in [0, 0.1) is 11.8 Å². The first-order valence-electron chi connectivity index (χ1n) is 6.92. The van der Waals surface area contributed by atoms with Gasteiger partial charge < -0.3 is 9.32 Å². The van der Waals surface area contributed by atoms with Crippen LogP contribution in [0.4, 0.5) is 0 Å². The molecule has 0 spiro atoms. The molecule has 1 atom stereocenters. The lowest BCUT2D eigenvalue weighted by molar-refractivity contribution is -0.130. The quantitative estimate of drug-likeness (QED) is 0.785. The van der Waals surface area contributed by atoms with Crippen molar-refractivity contribution in [3.63, 3.8) is 0 Å². The van der Waals surface area contributed by atoms with Gasteiger partial charge in [-0.05, 0) is 36.8 Å². The van der Waals surface area contributed by atoms with Crippen molar-refractivity contribution in [2.24, 2.45) is 11.8 Å². The first-order valence-corrected chi connectivity index (χ1v) is 6.92. The summed E-state index contributed by atoms with van der Waals surface area (Å²) in [5.74, 6) is 1.46. The largest absolute Gasteiger partial charge is 0.461 e. The Balaban J connectivity index is 1.96. The summed E-state index contributed by atoms with van der Waals surface area (Å²) in [4.78, 5) is 25.7. The highest BCUT2D eigenvalue weighted by molar-refractivity contribution is 5.97. The Morgan fingerprint density at radius 1 is 1.47 bits per heavy atom. The van der Waals surface area contributed by atoms with Gasteiger partial charge in [-0.3, -0.25) is 9.59 Å². The zero-order valence-electron chi connectivity index (χ0n) is 11.6. The van der Waals surface area contributed by atoms with Crippen LogP contribution in [0.2, 0.25) is 0 Å². The molecule has 0 aliphatic carbocycles. The molecule has 1 amide bonds. The van der Waals surface area contributed by atoms with Gasteiger partial charge >= 0.3 is 0 Å². The van der Waals surface area contributed by atoms with Crippen LogP contribution in [-0.4, -0.2) is 29.7 Å². The minimum absolute atomic E-state index is 0.0862. The van der Waals surface area contributed by atoms with Crippen LogP contribution in [0.5, 0.6) is 0 Å². The van der Waals surface area contributed by atoms with E-state index in [4.69, 9.17) is 4.42 Å². The van der Waals surface area contributed by atoms with Crippen LogP contribution in [-0.2, 0) is 4.79 Å². The van der Waals surface area contributed by atoms with E-state index in [1.807, 2.05) is 0 Å². The van der Waals surface area contributed by atoms with Crippen LogP contribution in [0.1, 0.15) is 43.7 Å². The Morgan fingerprint density at radius 2 is 2.26 bits per heavy atom. The van der Waals surface area contributed by atoms with Gasteiger partial charge in [0.2, 0.25) is 11.7 Å². The lowest BCUT2D eigenvalue weighted by Crippen LogP contribution is -2.35. The Hall–Kier alpha value is -1.58. The van der Waals surface area contributed by atoms with Gasteiger partial charge in [-0.25, -0.2) is 0 Å². The van der Waals surface area contributed by atoms with E-state index in [0.717, 1.165) is 12.8 Å². The minimum Gasteiger partial charge on any atom is -0.461 e. The second-order valence-corrected chi connectivity index (χ2v) is 5.55. The number of hydrogen-bond acceptors (Lipinski definition) is 3. The number of furan rings is 1. The van der Waals surface area contributed by atoms with Crippen molar-refractivity contribution in [3.05, 3.63) is 24.2 Å². The lowest BCUT2D eigenvalue weighted by Gasteiger charge is -2.20. The van der Waals surface area contributed by atoms with Crippen LogP contribution < -0.4 is 0 Å². The number of Topliss-reactive ketones (excluding diaryl/α,β-unsaturated/α-hetero) is 1. The molecule has 1 saturated heterocycles. The maximum absolute atomic E-state index is 12.0. The number of hydrogen-bond donors (Lipinski definition) is 0. The Bertz CT molecular complexity index is 436. The zero-order chi connectivity index (χ0) is 13.8. The SMILES string of the molecule is CC(C)C1CCC(=O)N(CC(=O)c2ccco2)CC1. The molecule has 0 aromatic carbocycles. The predicted octanol–water partition coefficient (Wildman–Crippen LogP) is 2.75. The van der Waals surface area contributed by atoms with E-state index in [2.05, 4.69) is 13.8 Å². The zero-order valence-corrected chi connectivity index (χ0v) is 11.6. The van der Waals surface area contributed by atoms with Crippen molar-refractivity contribution in [1.82, 2.24) is 4.90 Å². The molecule has 104 valence electrons. The van der Waals surface area contributed by atoms with Gasteiger partial charge in [0.1, 0.15) is 0 Å². The number of amides is 1. The van der Waals surface area contributed by atoms with Gasteiger partial charge in [-0.2, -0.15) is 0 Å². The molecule has 1 unspecified atom stereocenters. The molecule has 1 aromatic rings. The molecule has 2 heterocycles. The third-order valence-corrected chi connectivity index (χ3v) is 3.92. The standard InChI is InChI=1S/C15H21NO3/c1-11(2)12-5-6-15(18)16(8-7-12)10-13(17)14-4-3-9-19-14/h3-4,9,11-12H,5-8,10H2,1-2H3. The first-order chi connectivity index (χ1) is 9.08. The first kappa shape index (κ1) is 13.8. The van der Waals surface area contributed by atoms with E-state index < -0.39 is 0 Å². The highest BCUT2D eigenvalue weighted by Gasteiger charge is 2.26. The molecule has 0 saturated carbocycles. The van der Waals surface area contributed by atoms with Crippen molar-refractivity contribution < 1.29 is 14.0 Å². The number of nitrogens with zero attached hydrogens (tertiary/aromatic N) is 1. The number of carbonyl (C=O) groups excluding carboxylic acids is 2. The van der Waals surface area contributed by atoms with E-state index >= 15 is 0 Å². The van der Waals surface area contributed by atoms with Gasteiger partial charge in [0, 0.05) is 13.0 Å². The second-order valence-electron chi connectivity index (χ2n) is 5.55. The molecule has 1 aliphatic heterocycles. The van der Waals surface area contributed by atoms with E-state index in [0.29, 0.717) is 30.6 Å². The monoisotopic (exact) mass is 263 g/mol. The molecule has 1 aliphatic rings. The summed E-state index contributed by atoms with van der Waals surface area (Å²) in [5, 5.41) is 0. The number of carbonyl (C=O) groups is 2.